The third kappa shape index (κ3) is 5.57. The molecule has 2 aromatic carbocycles. The molecule has 0 saturated carbocycles. The van der Waals surface area contributed by atoms with Gasteiger partial charge in [0.1, 0.15) is 11.6 Å². The van der Waals surface area contributed by atoms with Gasteiger partial charge in [-0.1, -0.05) is 24.3 Å². The SMILES string of the molecule is CC(NC(=O)Cc1cccc(F)c1)c1ccc(OC(F)(F)F)cc1. The van der Waals surface area contributed by atoms with Gasteiger partial charge >= 0.3 is 6.36 Å². The molecular weight excluding hydrogens is 326 g/mol. The summed E-state index contributed by atoms with van der Waals surface area (Å²) in [5.74, 6) is -1.07. The predicted molar refractivity (Wildman–Crippen MR) is 79.8 cm³/mol. The van der Waals surface area contributed by atoms with E-state index >= 15 is 0 Å². The van der Waals surface area contributed by atoms with Crippen molar-refractivity contribution < 1.29 is 27.1 Å². The molecule has 0 aliphatic heterocycles. The largest absolute Gasteiger partial charge is 0.573 e. The Morgan fingerprint density at radius 3 is 2.42 bits per heavy atom. The topological polar surface area (TPSA) is 38.3 Å². The number of halogens is 4. The van der Waals surface area contributed by atoms with Gasteiger partial charge in [0.15, 0.2) is 0 Å². The third-order valence-corrected chi connectivity index (χ3v) is 3.24. The molecule has 1 amide bonds. The minimum atomic E-state index is -4.74. The summed E-state index contributed by atoms with van der Waals surface area (Å²) in [7, 11) is 0. The van der Waals surface area contributed by atoms with Crippen LogP contribution in [0.4, 0.5) is 17.6 Å². The number of hydrogen-bond acceptors (Lipinski definition) is 2. The summed E-state index contributed by atoms with van der Waals surface area (Å²) in [6.45, 7) is 1.70. The molecule has 24 heavy (non-hydrogen) atoms. The van der Waals surface area contributed by atoms with Crippen LogP contribution in [0.5, 0.6) is 5.75 Å². The van der Waals surface area contributed by atoms with E-state index in [2.05, 4.69) is 10.1 Å². The van der Waals surface area contributed by atoms with E-state index in [1.165, 1.54) is 42.5 Å². The Kier molecular flexibility index (Phi) is 5.43. The lowest BCUT2D eigenvalue weighted by molar-refractivity contribution is -0.274. The Balaban J connectivity index is 1.94. The van der Waals surface area contributed by atoms with Gasteiger partial charge in [0.2, 0.25) is 5.91 Å². The van der Waals surface area contributed by atoms with Crippen LogP contribution in [0.25, 0.3) is 0 Å². The summed E-state index contributed by atoms with van der Waals surface area (Å²) in [6, 6.07) is 10.5. The van der Waals surface area contributed by atoms with Crippen LogP contribution in [0.2, 0.25) is 0 Å². The van der Waals surface area contributed by atoms with Crippen LogP contribution in [-0.2, 0) is 11.2 Å². The molecule has 0 spiro atoms. The average molecular weight is 341 g/mol. The van der Waals surface area contributed by atoms with E-state index in [9.17, 15) is 22.4 Å². The van der Waals surface area contributed by atoms with Gasteiger partial charge in [-0.25, -0.2) is 4.39 Å². The van der Waals surface area contributed by atoms with Crippen LogP contribution in [0.1, 0.15) is 24.1 Å². The fourth-order valence-corrected chi connectivity index (χ4v) is 2.17. The predicted octanol–water partition coefficient (Wildman–Crippen LogP) is 4.14. The van der Waals surface area contributed by atoms with E-state index in [0.29, 0.717) is 11.1 Å². The van der Waals surface area contributed by atoms with Crippen molar-refractivity contribution in [2.45, 2.75) is 25.7 Å². The molecule has 0 aromatic heterocycles. The molecule has 2 rings (SSSR count). The highest BCUT2D eigenvalue weighted by Gasteiger charge is 2.31. The van der Waals surface area contributed by atoms with Crippen molar-refractivity contribution in [3.8, 4) is 5.75 Å². The summed E-state index contributed by atoms with van der Waals surface area (Å²) in [5.41, 5.74) is 1.16. The molecule has 0 aliphatic rings. The standard InChI is InChI=1S/C17H15F4NO2/c1-11(13-5-7-15(8-6-13)24-17(19,20)21)22-16(23)10-12-3-2-4-14(18)9-12/h2-9,11H,10H2,1H3,(H,22,23). The van der Waals surface area contributed by atoms with Crippen LogP contribution < -0.4 is 10.1 Å². The minimum Gasteiger partial charge on any atom is -0.406 e. The zero-order valence-corrected chi connectivity index (χ0v) is 12.7. The highest BCUT2D eigenvalue weighted by atomic mass is 19.4. The summed E-state index contributed by atoms with van der Waals surface area (Å²) >= 11 is 0. The van der Waals surface area contributed by atoms with E-state index in [-0.39, 0.29) is 18.1 Å². The van der Waals surface area contributed by atoms with Crippen LogP contribution >= 0.6 is 0 Å². The first-order chi connectivity index (χ1) is 11.2. The quantitative estimate of drug-likeness (QED) is 0.830. The maximum atomic E-state index is 13.1. The zero-order chi connectivity index (χ0) is 17.7. The van der Waals surface area contributed by atoms with E-state index in [1.807, 2.05) is 0 Å². The van der Waals surface area contributed by atoms with Crippen molar-refractivity contribution in [3.63, 3.8) is 0 Å². The third-order valence-electron chi connectivity index (χ3n) is 3.24. The number of nitrogens with one attached hydrogen (secondary N) is 1. The molecule has 3 nitrogen and oxygen atoms in total. The van der Waals surface area contributed by atoms with Gasteiger partial charge in [-0.15, -0.1) is 13.2 Å². The number of amides is 1. The maximum absolute atomic E-state index is 13.1. The molecule has 1 N–H and O–H groups in total. The second kappa shape index (κ2) is 7.33. The fraction of sp³-hybridized carbons (Fsp3) is 0.235. The lowest BCUT2D eigenvalue weighted by atomic mass is 10.1. The lowest BCUT2D eigenvalue weighted by Crippen LogP contribution is -2.28. The smallest absolute Gasteiger partial charge is 0.406 e. The minimum absolute atomic E-state index is 0.0113. The van der Waals surface area contributed by atoms with Gasteiger partial charge in [-0.2, -0.15) is 0 Å². The zero-order valence-electron chi connectivity index (χ0n) is 12.7. The first-order valence-electron chi connectivity index (χ1n) is 7.12. The highest BCUT2D eigenvalue weighted by molar-refractivity contribution is 5.79. The number of hydrogen-bond donors (Lipinski definition) is 1. The number of carbonyl (C=O) groups is 1. The molecule has 0 bridgehead atoms. The van der Waals surface area contributed by atoms with Gasteiger partial charge in [0, 0.05) is 0 Å². The molecular formula is C17H15F4NO2. The molecule has 1 atom stereocenters. The fourth-order valence-electron chi connectivity index (χ4n) is 2.17. The average Bonchev–Trinajstić information content (AvgIpc) is 2.46. The van der Waals surface area contributed by atoms with E-state index in [4.69, 9.17) is 0 Å². The summed E-state index contributed by atoms with van der Waals surface area (Å²) in [4.78, 5) is 12.0. The molecule has 0 saturated heterocycles. The Labute approximate surface area is 136 Å². The first kappa shape index (κ1) is 17.8. The van der Waals surface area contributed by atoms with Crippen LogP contribution in [0.3, 0.4) is 0 Å². The number of ether oxygens (including phenoxy) is 1. The Morgan fingerprint density at radius 2 is 1.83 bits per heavy atom. The molecule has 1 unspecified atom stereocenters. The molecule has 2 aromatic rings. The van der Waals surface area contributed by atoms with Gasteiger partial charge in [0.25, 0.3) is 0 Å². The van der Waals surface area contributed by atoms with Crippen LogP contribution in [0, 0.1) is 5.82 Å². The first-order valence-corrected chi connectivity index (χ1v) is 7.12. The van der Waals surface area contributed by atoms with Gasteiger partial charge < -0.3 is 10.1 Å². The molecule has 128 valence electrons. The highest BCUT2D eigenvalue weighted by Crippen LogP contribution is 2.24. The molecule has 0 fully saturated rings. The Bertz CT molecular complexity index is 698. The summed E-state index contributed by atoms with van der Waals surface area (Å²) < 4.78 is 53.2. The molecule has 0 aliphatic carbocycles. The second-order valence-electron chi connectivity index (χ2n) is 5.21. The van der Waals surface area contributed by atoms with Crippen molar-refractivity contribution in [3.05, 3.63) is 65.5 Å². The Hall–Kier alpha value is -2.57. The number of carbonyl (C=O) groups excluding carboxylic acids is 1. The molecule has 7 heteroatoms. The molecule has 0 radical (unpaired) electrons. The number of rotatable bonds is 5. The summed E-state index contributed by atoms with van der Waals surface area (Å²) in [6.07, 6.45) is -4.73. The van der Waals surface area contributed by atoms with Crippen molar-refractivity contribution in [2.24, 2.45) is 0 Å². The lowest BCUT2D eigenvalue weighted by Gasteiger charge is -2.15. The normalized spacial score (nSPS) is 12.5. The van der Waals surface area contributed by atoms with Crippen LogP contribution in [-0.4, -0.2) is 12.3 Å². The van der Waals surface area contributed by atoms with E-state index < -0.39 is 18.2 Å². The van der Waals surface area contributed by atoms with Gasteiger partial charge in [0.05, 0.1) is 12.5 Å². The number of benzene rings is 2. The Morgan fingerprint density at radius 1 is 1.17 bits per heavy atom. The van der Waals surface area contributed by atoms with Crippen molar-refractivity contribution in [2.75, 3.05) is 0 Å². The van der Waals surface area contributed by atoms with Crippen molar-refractivity contribution in [1.82, 2.24) is 5.32 Å². The van der Waals surface area contributed by atoms with Crippen LogP contribution in [0.15, 0.2) is 48.5 Å². The summed E-state index contributed by atoms with van der Waals surface area (Å²) in [5, 5.41) is 2.71. The van der Waals surface area contributed by atoms with Crippen molar-refractivity contribution >= 4 is 5.91 Å². The second-order valence-corrected chi connectivity index (χ2v) is 5.21. The van der Waals surface area contributed by atoms with Crippen molar-refractivity contribution in [1.29, 1.82) is 0 Å². The molecule has 0 heterocycles. The van der Waals surface area contributed by atoms with Gasteiger partial charge in [-0.05, 0) is 42.3 Å². The van der Waals surface area contributed by atoms with E-state index in [0.717, 1.165) is 0 Å². The van der Waals surface area contributed by atoms with E-state index in [1.54, 1.807) is 13.0 Å². The monoisotopic (exact) mass is 341 g/mol. The van der Waals surface area contributed by atoms with Gasteiger partial charge in [-0.3, -0.25) is 4.79 Å². The maximum Gasteiger partial charge on any atom is 0.573 e. The number of alkyl halides is 3.